The van der Waals surface area contributed by atoms with E-state index < -0.39 is 6.10 Å². The normalized spacial score (nSPS) is 18.6. The Morgan fingerprint density at radius 3 is 2.79 bits per heavy atom. The predicted octanol–water partition coefficient (Wildman–Crippen LogP) is 3.00. The van der Waals surface area contributed by atoms with E-state index in [2.05, 4.69) is 17.1 Å². The summed E-state index contributed by atoms with van der Waals surface area (Å²) in [4.78, 5) is 4.49. The summed E-state index contributed by atoms with van der Waals surface area (Å²) in [6.07, 6.45) is 1.48. The molecule has 2 heterocycles. The van der Waals surface area contributed by atoms with E-state index >= 15 is 0 Å². The average molecular weight is 257 g/mol. The van der Waals surface area contributed by atoms with E-state index in [1.165, 1.54) is 0 Å². The molecule has 0 bridgehead atoms. The number of aliphatic hydroxyl groups excluding tert-OH is 1. The summed E-state index contributed by atoms with van der Waals surface area (Å²) in [5.41, 5.74) is 3.00. The van der Waals surface area contributed by atoms with Crippen LogP contribution in [0.5, 0.6) is 0 Å². The molecule has 1 aliphatic rings. The van der Waals surface area contributed by atoms with E-state index in [9.17, 15) is 5.11 Å². The van der Waals surface area contributed by atoms with Gasteiger partial charge in [-0.2, -0.15) is 0 Å². The minimum Gasteiger partial charge on any atom is -0.388 e. The maximum absolute atomic E-state index is 10.5. The van der Waals surface area contributed by atoms with Gasteiger partial charge in [0, 0.05) is 24.3 Å². The second-order valence-electron chi connectivity index (χ2n) is 5.30. The fraction of sp³-hybridized carbons (Fsp3) is 0.438. The molecule has 1 unspecified atom stereocenters. The first kappa shape index (κ1) is 12.6. The Kier molecular flexibility index (Phi) is 3.49. The van der Waals surface area contributed by atoms with E-state index in [1.807, 2.05) is 25.1 Å². The first-order valence-electron chi connectivity index (χ1n) is 6.87. The number of aliphatic hydroxyl groups is 1. The molecule has 3 rings (SSSR count). The van der Waals surface area contributed by atoms with Gasteiger partial charge >= 0.3 is 0 Å². The van der Waals surface area contributed by atoms with Crippen LogP contribution in [-0.4, -0.2) is 23.3 Å². The van der Waals surface area contributed by atoms with Crippen LogP contribution in [0.1, 0.15) is 30.2 Å². The number of hydrogen-bond acceptors (Lipinski definition) is 3. The summed E-state index contributed by atoms with van der Waals surface area (Å²) >= 11 is 0. The van der Waals surface area contributed by atoms with Gasteiger partial charge in [0.15, 0.2) is 0 Å². The summed E-state index contributed by atoms with van der Waals surface area (Å²) in [5.74, 6) is 0.310. The minimum atomic E-state index is -0.394. The number of hydrogen-bond donors (Lipinski definition) is 1. The van der Waals surface area contributed by atoms with Crippen molar-refractivity contribution in [2.45, 2.75) is 25.9 Å². The van der Waals surface area contributed by atoms with Crippen molar-refractivity contribution in [3.05, 3.63) is 41.6 Å². The third kappa shape index (κ3) is 2.62. The van der Waals surface area contributed by atoms with Gasteiger partial charge in [0.1, 0.15) is 0 Å². The Morgan fingerprint density at radius 1 is 1.21 bits per heavy atom. The van der Waals surface area contributed by atoms with Crippen LogP contribution >= 0.6 is 0 Å². The predicted molar refractivity (Wildman–Crippen MR) is 75.0 cm³/mol. The third-order valence-electron chi connectivity index (χ3n) is 3.91. The Bertz CT molecular complexity index is 576. The molecule has 1 aromatic heterocycles. The third-order valence-corrected chi connectivity index (χ3v) is 3.91. The first-order chi connectivity index (χ1) is 9.24. The maximum atomic E-state index is 10.5. The van der Waals surface area contributed by atoms with Gasteiger partial charge in [-0.25, -0.2) is 0 Å². The van der Waals surface area contributed by atoms with Crippen LogP contribution in [0.2, 0.25) is 0 Å². The van der Waals surface area contributed by atoms with Crippen molar-refractivity contribution in [1.82, 2.24) is 4.98 Å². The molecule has 3 nitrogen and oxygen atoms in total. The molecular formula is C16H19NO2. The van der Waals surface area contributed by atoms with Crippen molar-refractivity contribution in [2.75, 3.05) is 13.2 Å². The molecule has 19 heavy (non-hydrogen) atoms. The summed E-state index contributed by atoms with van der Waals surface area (Å²) in [6, 6.07) is 10.1. The van der Waals surface area contributed by atoms with Gasteiger partial charge in [-0.1, -0.05) is 12.1 Å². The highest BCUT2D eigenvalue weighted by Gasteiger charge is 2.23. The molecule has 2 aromatic rings. The number of aryl methyl sites for hydroxylation is 1. The zero-order chi connectivity index (χ0) is 13.2. The lowest BCUT2D eigenvalue weighted by molar-refractivity contribution is 0.00723. The SMILES string of the molecule is Cc1ccc2cc(C(O)C3CCOCC3)ccc2n1. The smallest absolute Gasteiger partial charge is 0.0820 e. The van der Waals surface area contributed by atoms with Crippen LogP contribution < -0.4 is 0 Å². The lowest BCUT2D eigenvalue weighted by Crippen LogP contribution is -2.21. The molecule has 0 radical (unpaired) electrons. The second kappa shape index (κ2) is 5.27. The fourth-order valence-electron chi connectivity index (χ4n) is 2.73. The van der Waals surface area contributed by atoms with Crippen LogP contribution in [0.4, 0.5) is 0 Å². The Morgan fingerprint density at radius 2 is 2.00 bits per heavy atom. The number of pyridine rings is 1. The van der Waals surface area contributed by atoms with Crippen LogP contribution in [0.3, 0.4) is 0 Å². The van der Waals surface area contributed by atoms with Gasteiger partial charge in [-0.3, -0.25) is 4.98 Å². The van der Waals surface area contributed by atoms with Gasteiger partial charge in [0.05, 0.1) is 11.6 Å². The van der Waals surface area contributed by atoms with Crippen LogP contribution in [0.25, 0.3) is 10.9 Å². The van der Waals surface area contributed by atoms with Gasteiger partial charge in [-0.15, -0.1) is 0 Å². The zero-order valence-electron chi connectivity index (χ0n) is 11.2. The summed E-state index contributed by atoms with van der Waals surface area (Å²) < 4.78 is 5.35. The van der Waals surface area contributed by atoms with Crippen LogP contribution in [-0.2, 0) is 4.74 Å². The Balaban J connectivity index is 1.89. The number of aromatic nitrogens is 1. The van der Waals surface area contributed by atoms with Gasteiger partial charge in [-0.05, 0) is 49.4 Å². The second-order valence-corrected chi connectivity index (χ2v) is 5.30. The molecule has 1 atom stereocenters. The van der Waals surface area contributed by atoms with Crippen molar-refractivity contribution in [3.8, 4) is 0 Å². The molecule has 0 saturated carbocycles. The van der Waals surface area contributed by atoms with Crippen LogP contribution in [0, 0.1) is 12.8 Å². The summed E-state index contributed by atoms with van der Waals surface area (Å²) in [6.45, 7) is 3.51. The molecule has 100 valence electrons. The number of nitrogens with zero attached hydrogens (tertiary/aromatic N) is 1. The highest BCUT2D eigenvalue weighted by Crippen LogP contribution is 2.31. The summed E-state index contributed by atoms with van der Waals surface area (Å²) in [5, 5.41) is 11.6. The van der Waals surface area contributed by atoms with Crippen molar-refractivity contribution in [1.29, 1.82) is 0 Å². The summed E-state index contributed by atoms with van der Waals surface area (Å²) in [7, 11) is 0. The van der Waals surface area contributed by atoms with E-state index in [-0.39, 0.29) is 0 Å². The fourth-order valence-corrected chi connectivity index (χ4v) is 2.73. The zero-order valence-corrected chi connectivity index (χ0v) is 11.2. The lowest BCUT2D eigenvalue weighted by Gasteiger charge is -2.27. The number of ether oxygens (including phenoxy) is 1. The van der Waals surface area contributed by atoms with Gasteiger partial charge in [0.2, 0.25) is 0 Å². The van der Waals surface area contributed by atoms with E-state index in [0.29, 0.717) is 5.92 Å². The largest absolute Gasteiger partial charge is 0.388 e. The average Bonchev–Trinajstić information content (AvgIpc) is 2.47. The lowest BCUT2D eigenvalue weighted by atomic mass is 9.89. The topological polar surface area (TPSA) is 42.4 Å². The molecule has 1 fully saturated rings. The standard InChI is InChI=1S/C16H19NO2/c1-11-2-3-13-10-14(4-5-15(13)17-11)16(18)12-6-8-19-9-7-12/h2-5,10,12,16,18H,6-9H2,1H3. The highest BCUT2D eigenvalue weighted by atomic mass is 16.5. The number of rotatable bonds is 2. The van der Waals surface area contributed by atoms with E-state index in [0.717, 1.165) is 48.2 Å². The van der Waals surface area contributed by atoms with Crippen molar-refractivity contribution >= 4 is 10.9 Å². The molecular weight excluding hydrogens is 238 g/mol. The molecule has 1 aliphatic heterocycles. The molecule has 0 aliphatic carbocycles. The monoisotopic (exact) mass is 257 g/mol. The number of benzene rings is 1. The molecule has 1 aromatic carbocycles. The Labute approximate surface area is 113 Å². The quantitative estimate of drug-likeness (QED) is 0.899. The van der Waals surface area contributed by atoms with E-state index in [4.69, 9.17) is 4.74 Å². The Hall–Kier alpha value is -1.45. The first-order valence-corrected chi connectivity index (χ1v) is 6.87. The maximum Gasteiger partial charge on any atom is 0.0820 e. The molecule has 0 amide bonds. The van der Waals surface area contributed by atoms with E-state index in [1.54, 1.807) is 0 Å². The molecule has 0 spiro atoms. The number of fused-ring (bicyclic) bond motifs is 1. The molecule has 3 heteroatoms. The van der Waals surface area contributed by atoms with Crippen molar-refractivity contribution in [3.63, 3.8) is 0 Å². The van der Waals surface area contributed by atoms with Crippen molar-refractivity contribution < 1.29 is 9.84 Å². The van der Waals surface area contributed by atoms with Crippen molar-refractivity contribution in [2.24, 2.45) is 5.92 Å². The van der Waals surface area contributed by atoms with Crippen LogP contribution in [0.15, 0.2) is 30.3 Å². The highest BCUT2D eigenvalue weighted by molar-refractivity contribution is 5.79. The molecule has 1 saturated heterocycles. The molecule has 1 N–H and O–H groups in total. The van der Waals surface area contributed by atoms with Gasteiger partial charge < -0.3 is 9.84 Å². The minimum absolute atomic E-state index is 0.310. The van der Waals surface area contributed by atoms with Gasteiger partial charge in [0.25, 0.3) is 0 Å².